The summed E-state index contributed by atoms with van der Waals surface area (Å²) in [7, 11) is 0. The molecular formula is C6H5N3S. The lowest BCUT2D eigenvalue weighted by Gasteiger charge is -1.97. The first-order valence-electron chi connectivity index (χ1n) is 2.96. The number of aliphatic imine (C=N–C) groups is 1. The molecule has 2 rings (SSSR count). The number of hydrogen-bond acceptors (Lipinski definition) is 3. The van der Waals surface area contributed by atoms with Gasteiger partial charge in [0, 0.05) is 12.4 Å². The maximum absolute atomic E-state index is 5.02. The summed E-state index contributed by atoms with van der Waals surface area (Å²) in [6, 6.07) is 1.80. The van der Waals surface area contributed by atoms with Crippen molar-refractivity contribution in [3.63, 3.8) is 0 Å². The summed E-state index contributed by atoms with van der Waals surface area (Å²) in [5.74, 6) is 0.715. The monoisotopic (exact) mass is 151 g/mol. The van der Waals surface area contributed by atoms with Crippen molar-refractivity contribution in [1.82, 2.24) is 9.55 Å². The standard InChI is InChI=1S/C6H5N3S/c10-5-1-2-7-6-8-3-4-9(5)6/h1-3H,4H2. The van der Waals surface area contributed by atoms with Crippen LogP contribution < -0.4 is 0 Å². The van der Waals surface area contributed by atoms with Crippen LogP contribution in [0.15, 0.2) is 17.3 Å². The van der Waals surface area contributed by atoms with Crippen LogP contribution in [0, 0.1) is 4.64 Å². The van der Waals surface area contributed by atoms with Gasteiger partial charge in [-0.2, -0.15) is 0 Å². The third-order valence-corrected chi connectivity index (χ3v) is 1.74. The molecule has 50 valence electrons. The molecule has 1 aliphatic heterocycles. The van der Waals surface area contributed by atoms with E-state index in [1.165, 1.54) is 0 Å². The van der Waals surface area contributed by atoms with Crippen LogP contribution in [0.4, 0.5) is 5.95 Å². The van der Waals surface area contributed by atoms with E-state index in [0.717, 1.165) is 11.2 Å². The molecule has 0 saturated heterocycles. The molecule has 0 aromatic carbocycles. The lowest BCUT2D eigenvalue weighted by atomic mass is 10.6. The molecule has 0 N–H and O–H groups in total. The molecule has 0 unspecified atom stereocenters. The number of hydrogen-bond donors (Lipinski definition) is 0. The minimum Gasteiger partial charge on any atom is -0.296 e. The van der Waals surface area contributed by atoms with Crippen molar-refractivity contribution in [2.75, 3.05) is 0 Å². The molecule has 0 amide bonds. The van der Waals surface area contributed by atoms with E-state index in [0.29, 0.717) is 5.95 Å². The molecule has 0 atom stereocenters. The first-order chi connectivity index (χ1) is 4.88. The second-order valence-electron chi connectivity index (χ2n) is 2.01. The molecule has 10 heavy (non-hydrogen) atoms. The van der Waals surface area contributed by atoms with E-state index in [9.17, 15) is 0 Å². The topological polar surface area (TPSA) is 30.2 Å². The van der Waals surface area contributed by atoms with Crippen molar-refractivity contribution in [1.29, 1.82) is 0 Å². The molecule has 0 saturated carbocycles. The SMILES string of the molecule is S=c1ccnc2n1CC=N2. The molecule has 0 aliphatic carbocycles. The average Bonchev–Trinajstić information content (AvgIpc) is 2.36. The van der Waals surface area contributed by atoms with Gasteiger partial charge in [0.2, 0.25) is 5.95 Å². The summed E-state index contributed by atoms with van der Waals surface area (Å²) in [6.07, 6.45) is 3.48. The molecule has 4 heteroatoms. The Labute approximate surface area is 63.1 Å². The Balaban J connectivity index is 2.77. The normalized spacial score (nSPS) is 13.6. The Kier molecular flexibility index (Phi) is 1.14. The van der Waals surface area contributed by atoms with E-state index in [1.54, 1.807) is 18.5 Å². The Morgan fingerprint density at radius 1 is 1.60 bits per heavy atom. The van der Waals surface area contributed by atoms with Crippen LogP contribution in [0.3, 0.4) is 0 Å². The van der Waals surface area contributed by atoms with Crippen LogP contribution in [0.25, 0.3) is 0 Å². The van der Waals surface area contributed by atoms with Gasteiger partial charge >= 0.3 is 0 Å². The summed E-state index contributed by atoms with van der Waals surface area (Å²) in [6.45, 7) is 0.766. The number of aromatic nitrogens is 2. The first-order valence-corrected chi connectivity index (χ1v) is 3.37. The Morgan fingerprint density at radius 3 is 3.30 bits per heavy atom. The zero-order valence-corrected chi connectivity index (χ0v) is 6.01. The molecule has 2 heterocycles. The quantitative estimate of drug-likeness (QED) is 0.523. The maximum Gasteiger partial charge on any atom is 0.230 e. The Morgan fingerprint density at radius 2 is 2.50 bits per heavy atom. The highest BCUT2D eigenvalue weighted by Crippen LogP contribution is 2.11. The van der Waals surface area contributed by atoms with E-state index in [2.05, 4.69) is 9.98 Å². The van der Waals surface area contributed by atoms with E-state index >= 15 is 0 Å². The Hall–Kier alpha value is -1.03. The number of nitrogens with zero attached hydrogens (tertiary/aromatic N) is 3. The van der Waals surface area contributed by atoms with Gasteiger partial charge in [-0.1, -0.05) is 12.2 Å². The van der Waals surface area contributed by atoms with Crippen molar-refractivity contribution >= 4 is 24.4 Å². The van der Waals surface area contributed by atoms with Gasteiger partial charge in [0.15, 0.2) is 0 Å². The minimum atomic E-state index is 0.715. The van der Waals surface area contributed by atoms with Gasteiger partial charge in [0.25, 0.3) is 0 Å². The molecule has 0 bridgehead atoms. The first kappa shape index (κ1) is 5.73. The molecule has 0 fully saturated rings. The molecule has 3 nitrogen and oxygen atoms in total. The van der Waals surface area contributed by atoms with Crippen LogP contribution >= 0.6 is 12.2 Å². The van der Waals surface area contributed by atoms with Crippen LogP contribution in [0.1, 0.15) is 0 Å². The van der Waals surface area contributed by atoms with Crippen molar-refractivity contribution in [3.05, 3.63) is 16.9 Å². The lowest BCUT2D eigenvalue weighted by molar-refractivity contribution is 0.844. The third-order valence-electron chi connectivity index (χ3n) is 1.39. The van der Waals surface area contributed by atoms with Gasteiger partial charge in [0.05, 0.1) is 6.54 Å². The second-order valence-corrected chi connectivity index (χ2v) is 2.42. The highest BCUT2D eigenvalue weighted by molar-refractivity contribution is 7.71. The predicted molar refractivity (Wildman–Crippen MR) is 41.2 cm³/mol. The molecule has 0 spiro atoms. The van der Waals surface area contributed by atoms with E-state index < -0.39 is 0 Å². The van der Waals surface area contributed by atoms with Crippen molar-refractivity contribution in [2.45, 2.75) is 6.54 Å². The van der Waals surface area contributed by atoms with Crippen molar-refractivity contribution < 1.29 is 0 Å². The van der Waals surface area contributed by atoms with Crippen molar-refractivity contribution in [2.24, 2.45) is 4.99 Å². The highest BCUT2D eigenvalue weighted by atomic mass is 32.1. The maximum atomic E-state index is 5.02. The molecular weight excluding hydrogens is 146 g/mol. The summed E-state index contributed by atoms with van der Waals surface area (Å²) in [5, 5.41) is 0. The predicted octanol–water partition coefficient (Wildman–Crippen LogP) is 1.33. The van der Waals surface area contributed by atoms with Crippen LogP contribution in [0.2, 0.25) is 0 Å². The number of fused-ring (bicyclic) bond motifs is 1. The summed E-state index contributed by atoms with van der Waals surface area (Å²) >= 11 is 5.02. The largest absolute Gasteiger partial charge is 0.296 e. The zero-order valence-electron chi connectivity index (χ0n) is 5.19. The lowest BCUT2D eigenvalue weighted by Crippen LogP contribution is -1.96. The molecule has 1 aromatic rings. The van der Waals surface area contributed by atoms with Crippen LogP contribution in [0.5, 0.6) is 0 Å². The summed E-state index contributed by atoms with van der Waals surface area (Å²) in [4.78, 5) is 8.04. The Bertz CT molecular complexity index is 339. The molecule has 0 radical (unpaired) electrons. The highest BCUT2D eigenvalue weighted by Gasteiger charge is 2.03. The fraction of sp³-hybridized carbons (Fsp3) is 0.167. The van der Waals surface area contributed by atoms with Gasteiger partial charge in [0.1, 0.15) is 4.64 Å². The van der Waals surface area contributed by atoms with Gasteiger partial charge in [-0.15, -0.1) is 0 Å². The van der Waals surface area contributed by atoms with E-state index in [4.69, 9.17) is 12.2 Å². The fourth-order valence-electron chi connectivity index (χ4n) is 0.905. The average molecular weight is 151 g/mol. The molecule has 1 aromatic heterocycles. The van der Waals surface area contributed by atoms with Crippen LogP contribution in [-0.2, 0) is 6.54 Å². The third kappa shape index (κ3) is 0.690. The van der Waals surface area contributed by atoms with Gasteiger partial charge in [-0.25, -0.2) is 9.98 Å². The summed E-state index contributed by atoms with van der Waals surface area (Å²) in [5.41, 5.74) is 0. The molecule has 1 aliphatic rings. The van der Waals surface area contributed by atoms with Crippen molar-refractivity contribution in [3.8, 4) is 0 Å². The smallest absolute Gasteiger partial charge is 0.230 e. The van der Waals surface area contributed by atoms with Gasteiger partial charge in [-0.05, 0) is 6.07 Å². The second kappa shape index (κ2) is 1.98. The fourth-order valence-corrected chi connectivity index (χ4v) is 1.12. The number of rotatable bonds is 0. The van der Waals surface area contributed by atoms with E-state index in [1.807, 2.05) is 4.57 Å². The minimum absolute atomic E-state index is 0.715. The van der Waals surface area contributed by atoms with Crippen LogP contribution in [-0.4, -0.2) is 15.8 Å². The zero-order chi connectivity index (χ0) is 6.97. The van der Waals surface area contributed by atoms with E-state index in [-0.39, 0.29) is 0 Å². The van der Waals surface area contributed by atoms with Gasteiger partial charge in [-0.3, -0.25) is 4.57 Å². The summed E-state index contributed by atoms with van der Waals surface area (Å²) < 4.78 is 2.68. The van der Waals surface area contributed by atoms with Gasteiger partial charge < -0.3 is 0 Å².